The van der Waals surface area contributed by atoms with Crippen LogP contribution in [0.15, 0.2) is 58.4 Å². The topological polar surface area (TPSA) is 138 Å². The molecular weight excluding hydrogens is 490 g/mol. The fourth-order valence-electron chi connectivity index (χ4n) is 4.30. The van der Waals surface area contributed by atoms with Crippen molar-refractivity contribution < 1.29 is 19.2 Å². The average Bonchev–Trinajstić information content (AvgIpc) is 2.90. The van der Waals surface area contributed by atoms with Crippen molar-refractivity contribution in [3.8, 4) is 0 Å². The maximum Gasteiger partial charge on any atom is 0.341 e. The van der Waals surface area contributed by atoms with E-state index < -0.39 is 16.8 Å². The third-order valence-electron chi connectivity index (χ3n) is 6.21. The number of nitro groups is 1. The highest BCUT2D eigenvalue weighted by Crippen LogP contribution is 2.22. The lowest BCUT2D eigenvalue weighted by atomic mass is 10.1. The van der Waals surface area contributed by atoms with Gasteiger partial charge in [-0.3, -0.25) is 24.1 Å². The molecule has 1 amide bonds. The number of carbonyl (C=O) groups is 2. The number of carbonyl (C=O) groups excluding carboxylic acids is 2. The fraction of sp³-hybridized carbons (Fsp3) is 0.296. The second-order valence-corrected chi connectivity index (χ2v) is 8.67. The molecule has 11 heteroatoms. The van der Waals surface area contributed by atoms with E-state index in [1.165, 1.54) is 35.6 Å². The van der Waals surface area contributed by atoms with Crippen molar-refractivity contribution in [3.63, 3.8) is 0 Å². The molecule has 3 aromatic heterocycles. The molecule has 0 radical (unpaired) electrons. The van der Waals surface area contributed by atoms with Crippen LogP contribution in [0.5, 0.6) is 0 Å². The summed E-state index contributed by atoms with van der Waals surface area (Å²) in [6.07, 6.45) is 4.02. The lowest BCUT2D eigenvalue weighted by Crippen LogP contribution is -2.33. The number of nitrogens with zero attached hydrogens (tertiary/aromatic N) is 5. The molecule has 0 spiro atoms. The molecule has 1 aromatic carbocycles. The second kappa shape index (κ2) is 11.2. The van der Waals surface area contributed by atoms with Crippen molar-refractivity contribution in [2.24, 2.45) is 4.99 Å². The number of fused-ring (bicyclic) bond motifs is 2. The van der Waals surface area contributed by atoms with Crippen LogP contribution in [0.25, 0.3) is 16.7 Å². The van der Waals surface area contributed by atoms with Crippen LogP contribution in [0.2, 0.25) is 0 Å². The predicted molar refractivity (Wildman–Crippen MR) is 140 cm³/mol. The number of amides is 1. The lowest BCUT2D eigenvalue weighted by molar-refractivity contribution is -0.385. The van der Waals surface area contributed by atoms with E-state index >= 15 is 0 Å². The van der Waals surface area contributed by atoms with Crippen LogP contribution in [-0.2, 0) is 11.3 Å². The van der Waals surface area contributed by atoms with Gasteiger partial charge in [0, 0.05) is 24.4 Å². The zero-order valence-electron chi connectivity index (χ0n) is 21.3. The molecule has 3 heterocycles. The van der Waals surface area contributed by atoms with Crippen molar-refractivity contribution in [1.82, 2.24) is 14.0 Å². The number of aryl methyl sites for hydroxylation is 1. The first-order valence-corrected chi connectivity index (χ1v) is 12.3. The summed E-state index contributed by atoms with van der Waals surface area (Å²) in [5.41, 5.74) is 0.167. The van der Waals surface area contributed by atoms with E-state index in [9.17, 15) is 24.5 Å². The Bertz CT molecular complexity index is 1700. The van der Waals surface area contributed by atoms with Crippen LogP contribution < -0.4 is 11.0 Å². The molecule has 0 aliphatic heterocycles. The summed E-state index contributed by atoms with van der Waals surface area (Å²) in [7, 11) is 0. The fourth-order valence-corrected chi connectivity index (χ4v) is 4.30. The van der Waals surface area contributed by atoms with E-state index in [2.05, 4.69) is 9.98 Å². The summed E-state index contributed by atoms with van der Waals surface area (Å²) in [5, 5.41) is 11.6. The quantitative estimate of drug-likeness (QED) is 0.113. The number of nitro benzene ring substituents is 1. The minimum absolute atomic E-state index is 0.0184. The van der Waals surface area contributed by atoms with E-state index in [0.29, 0.717) is 18.6 Å². The Morgan fingerprint density at radius 2 is 1.89 bits per heavy atom. The van der Waals surface area contributed by atoms with Gasteiger partial charge >= 0.3 is 5.97 Å². The van der Waals surface area contributed by atoms with Gasteiger partial charge in [-0.25, -0.2) is 9.78 Å². The van der Waals surface area contributed by atoms with Gasteiger partial charge in [-0.15, -0.1) is 0 Å². The Hall–Kier alpha value is -4.67. The minimum atomic E-state index is -0.766. The number of rotatable bonds is 8. The number of unbranched alkanes of at least 4 members (excludes halogenated alkanes) is 2. The van der Waals surface area contributed by atoms with Gasteiger partial charge in [-0.05, 0) is 44.5 Å². The Morgan fingerprint density at radius 3 is 2.61 bits per heavy atom. The molecule has 0 aliphatic carbocycles. The number of pyridine rings is 2. The highest BCUT2D eigenvalue weighted by Gasteiger charge is 2.22. The van der Waals surface area contributed by atoms with Crippen molar-refractivity contribution in [2.45, 2.75) is 46.6 Å². The standard InChI is InChI=1S/C27H27N5O6/c1-4-6-8-15-31-23-19(26(34)30-14-9-7-13-22(30)28-23)16-20(27(35)38-5-2)24(31)29-25(33)18-11-10-12-21(17(18)3)32(36)37/h7,9-14,16H,4-6,8,15H2,1-3H3. The summed E-state index contributed by atoms with van der Waals surface area (Å²) in [6.45, 7) is 5.55. The molecule has 4 rings (SSSR count). The van der Waals surface area contributed by atoms with Gasteiger partial charge in [0.1, 0.15) is 16.9 Å². The molecule has 0 fully saturated rings. The van der Waals surface area contributed by atoms with E-state index in [1.807, 2.05) is 6.92 Å². The van der Waals surface area contributed by atoms with E-state index in [0.717, 1.165) is 12.8 Å². The zero-order chi connectivity index (χ0) is 27.4. The first-order valence-electron chi connectivity index (χ1n) is 12.3. The van der Waals surface area contributed by atoms with Gasteiger partial charge in [0.2, 0.25) is 0 Å². The summed E-state index contributed by atoms with van der Waals surface area (Å²) in [4.78, 5) is 59.7. The Morgan fingerprint density at radius 1 is 1.11 bits per heavy atom. The number of hydrogen-bond donors (Lipinski definition) is 0. The first-order chi connectivity index (χ1) is 18.3. The van der Waals surface area contributed by atoms with Crippen LogP contribution in [0.1, 0.15) is 59.4 Å². The molecule has 0 aliphatic rings. The molecule has 4 aromatic rings. The number of esters is 1. The summed E-state index contributed by atoms with van der Waals surface area (Å²) in [6, 6.07) is 10.6. The lowest BCUT2D eigenvalue weighted by Gasteiger charge is -2.15. The Balaban J connectivity index is 2.09. The largest absolute Gasteiger partial charge is 0.462 e. The highest BCUT2D eigenvalue weighted by molar-refractivity contribution is 5.98. The molecule has 11 nitrogen and oxygen atoms in total. The predicted octanol–water partition coefficient (Wildman–Crippen LogP) is 3.97. The first kappa shape index (κ1) is 26.4. The molecule has 0 atom stereocenters. The van der Waals surface area contributed by atoms with Crippen LogP contribution in [0.3, 0.4) is 0 Å². The monoisotopic (exact) mass is 517 g/mol. The summed E-state index contributed by atoms with van der Waals surface area (Å²) >= 11 is 0. The maximum absolute atomic E-state index is 13.4. The molecule has 0 bridgehead atoms. The number of benzene rings is 1. The second-order valence-electron chi connectivity index (χ2n) is 8.67. The molecular formula is C27H27N5O6. The Kier molecular flexibility index (Phi) is 7.75. The van der Waals surface area contributed by atoms with E-state index in [4.69, 9.17) is 4.74 Å². The van der Waals surface area contributed by atoms with Crippen LogP contribution >= 0.6 is 0 Å². The number of aromatic nitrogens is 3. The van der Waals surface area contributed by atoms with E-state index in [-0.39, 0.29) is 51.1 Å². The zero-order valence-corrected chi connectivity index (χ0v) is 21.3. The molecule has 0 N–H and O–H groups in total. The Labute approximate surface area is 217 Å². The summed E-state index contributed by atoms with van der Waals surface area (Å²) < 4.78 is 8.22. The van der Waals surface area contributed by atoms with Crippen molar-refractivity contribution in [2.75, 3.05) is 6.61 Å². The van der Waals surface area contributed by atoms with Crippen LogP contribution in [0.4, 0.5) is 5.69 Å². The molecule has 0 unspecified atom stereocenters. The molecule has 0 saturated heterocycles. The van der Waals surface area contributed by atoms with Crippen molar-refractivity contribution in [3.05, 3.63) is 91.3 Å². The van der Waals surface area contributed by atoms with Crippen LogP contribution in [-0.4, -0.2) is 37.4 Å². The summed E-state index contributed by atoms with van der Waals surface area (Å²) in [5.74, 6) is -1.52. The van der Waals surface area contributed by atoms with Gasteiger partial charge in [-0.2, -0.15) is 4.99 Å². The third-order valence-corrected chi connectivity index (χ3v) is 6.21. The molecule has 0 saturated carbocycles. The van der Waals surface area contributed by atoms with Crippen LogP contribution in [0, 0.1) is 17.0 Å². The maximum atomic E-state index is 13.4. The van der Waals surface area contributed by atoms with Crippen molar-refractivity contribution in [1.29, 1.82) is 0 Å². The normalized spacial score (nSPS) is 11.7. The smallest absolute Gasteiger partial charge is 0.341 e. The van der Waals surface area contributed by atoms with Gasteiger partial charge in [0.05, 0.1) is 22.5 Å². The van der Waals surface area contributed by atoms with Gasteiger partial charge in [-0.1, -0.05) is 31.9 Å². The number of hydrogen-bond acceptors (Lipinski definition) is 7. The highest BCUT2D eigenvalue weighted by atomic mass is 16.6. The van der Waals surface area contributed by atoms with Gasteiger partial charge in [0.15, 0.2) is 5.49 Å². The SMILES string of the molecule is CCCCCn1c(=NC(=O)c2cccc([N+](=O)[O-])c2C)c(C(=O)OCC)cc2c(=O)n3ccccc3nc21. The third kappa shape index (κ3) is 4.95. The molecule has 196 valence electrons. The molecule has 38 heavy (non-hydrogen) atoms. The van der Waals surface area contributed by atoms with E-state index in [1.54, 1.807) is 35.9 Å². The average molecular weight is 518 g/mol. The number of ether oxygens (including phenoxy) is 1. The van der Waals surface area contributed by atoms with Crippen molar-refractivity contribution >= 4 is 34.2 Å². The van der Waals surface area contributed by atoms with Gasteiger partial charge in [0.25, 0.3) is 17.2 Å². The minimum Gasteiger partial charge on any atom is -0.462 e. The van der Waals surface area contributed by atoms with Gasteiger partial charge < -0.3 is 9.30 Å².